The molecule has 398 valence electrons. The SMILES string of the molecule is CC1(C)CCC(C)(C)c2cc(N3c4cc5c(cc4B4c6cc7c(cc6N(c6cccc8c6C(C)(C)c6ccccc6-8)c6cc(N(c8ccccc8)c8ccccc8)cc3c64)C(C)(C)CCC7(C)C)C(C)(C)CCC5(C)C)ccc21. The third-order valence-corrected chi connectivity index (χ3v) is 21.2. The number of hydrogen-bond donors (Lipinski definition) is 0. The van der Waals surface area contributed by atoms with Crippen molar-refractivity contribution >= 4 is 74.3 Å². The number of hydrogen-bond acceptors (Lipinski definition) is 3. The molecule has 0 N–H and O–H groups in total. The largest absolute Gasteiger partial charge is 0.311 e. The molecular formula is C75H80BN3. The Hall–Kier alpha value is -6.78. The van der Waals surface area contributed by atoms with Gasteiger partial charge in [-0.3, -0.25) is 0 Å². The first-order valence-corrected chi connectivity index (χ1v) is 29.8. The van der Waals surface area contributed by atoms with Crippen molar-refractivity contribution in [1.29, 1.82) is 0 Å². The molecule has 0 saturated carbocycles. The highest BCUT2D eigenvalue weighted by Crippen LogP contribution is 2.59. The molecular weight excluding hydrogens is 954 g/mol. The third-order valence-electron chi connectivity index (χ3n) is 21.2. The van der Waals surface area contributed by atoms with Crippen LogP contribution in [0, 0.1) is 0 Å². The van der Waals surface area contributed by atoms with E-state index in [1.165, 1.54) is 113 Å². The van der Waals surface area contributed by atoms with Crippen molar-refractivity contribution in [2.24, 2.45) is 0 Å². The predicted octanol–water partition coefficient (Wildman–Crippen LogP) is 18.6. The summed E-state index contributed by atoms with van der Waals surface area (Å²) in [5.41, 5.74) is 29.6. The molecule has 0 atom stereocenters. The lowest BCUT2D eigenvalue weighted by Gasteiger charge is -2.49. The molecule has 4 heteroatoms. The van der Waals surface area contributed by atoms with Crippen LogP contribution in [0.3, 0.4) is 0 Å². The lowest BCUT2D eigenvalue weighted by Crippen LogP contribution is -2.62. The Morgan fingerprint density at radius 2 is 0.759 bits per heavy atom. The normalized spacial score (nSPS) is 20.1. The third kappa shape index (κ3) is 7.30. The maximum Gasteiger partial charge on any atom is 0.252 e. The number of fused-ring (bicyclic) bond motifs is 10. The van der Waals surface area contributed by atoms with Crippen LogP contribution in [0.25, 0.3) is 11.1 Å². The van der Waals surface area contributed by atoms with E-state index >= 15 is 0 Å². The van der Waals surface area contributed by atoms with Gasteiger partial charge in [0.2, 0.25) is 0 Å². The van der Waals surface area contributed by atoms with Crippen LogP contribution in [-0.2, 0) is 37.9 Å². The van der Waals surface area contributed by atoms with E-state index in [4.69, 9.17) is 0 Å². The zero-order valence-electron chi connectivity index (χ0n) is 49.7. The zero-order valence-corrected chi connectivity index (χ0v) is 49.7. The van der Waals surface area contributed by atoms with Crippen molar-refractivity contribution in [2.75, 3.05) is 14.7 Å². The van der Waals surface area contributed by atoms with E-state index in [2.05, 4.69) is 269 Å². The van der Waals surface area contributed by atoms with E-state index in [1.807, 2.05) is 0 Å². The van der Waals surface area contributed by atoms with Crippen LogP contribution >= 0.6 is 0 Å². The summed E-state index contributed by atoms with van der Waals surface area (Å²) in [6.07, 6.45) is 6.96. The lowest BCUT2D eigenvalue weighted by molar-refractivity contribution is 0.332. The van der Waals surface area contributed by atoms with Crippen LogP contribution in [-0.4, -0.2) is 6.71 Å². The molecule has 3 nitrogen and oxygen atoms in total. The number of nitrogens with zero attached hydrogens (tertiary/aromatic N) is 3. The molecule has 0 spiro atoms. The van der Waals surface area contributed by atoms with E-state index in [1.54, 1.807) is 0 Å². The van der Waals surface area contributed by atoms with Gasteiger partial charge in [-0.05, 0) is 210 Å². The second-order valence-corrected chi connectivity index (χ2v) is 29.3. The van der Waals surface area contributed by atoms with E-state index in [-0.39, 0.29) is 44.6 Å². The van der Waals surface area contributed by atoms with Crippen LogP contribution in [0.1, 0.15) is 180 Å². The Morgan fingerprint density at radius 3 is 1.29 bits per heavy atom. The van der Waals surface area contributed by atoms with Crippen molar-refractivity contribution in [1.82, 2.24) is 0 Å². The Morgan fingerprint density at radius 1 is 0.329 bits per heavy atom. The molecule has 0 unspecified atom stereocenters. The molecule has 0 amide bonds. The maximum absolute atomic E-state index is 2.78. The maximum atomic E-state index is 2.78. The second kappa shape index (κ2) is 16.7. The quantitative estimate of drug-likeness (QED) is 0.159. The van der Waals surface area contributed by atoms with E-state index in [0.29, 0.717) is 0 Å². The second-order valence-electron chi connectivity index (χ2n) is 29.3. The minimum absolute atomic E-state index is 0.00482. The van der Waals surface area contributed by atoms with Crippen molar-refractivity contribution in [3.63, 3.8) is 0 Å². The van der Waals surface area contributed by atoms with Crippen LogP contribution in [0.15, 0.2) is 158 Å². The number of anilines is 9. The Bertz CT molecular complexity index is 3810. The fraction of sp³-hybridized carbons (Fsp3) is 0.360. The van der Waals surface area contributed by atoms with E-state index < -0.39 is 0 Å². The van der Waals surface area contributed by atoms with E-state index in [0.717, 1.165) is 49.2 Å². The highest BCUT2D eigenvalue weighted by atomic mass is 15.2. The lowest BCUT2D eigenvalue weighted by atomic mass is 9.32. The standard InChI is InChI=1S/C75H80BN3/c1-69(2)34-35-70(3,4)55-40-49(32-33-54(55)69)78-63-45-58-56(71(5,6)36-38-73(58,9)10)43-60(63)76-61-44-57-59(74(11,12)39-37-72(57,7)8)46-64(61)79(62-31-23-29-52-51-28-21-22-30-53(51)75(13,14)67(52)62)66-42-50(41-65(78)68(66)76)77(47-24-17-15-18-25-47)48-26-19-16-20-27-48/h15-33,40-46H,34-39H2,1-14H3. The van der Waals surface area contributed by atoms with Crippen LogP contribution in [0.5, 0.6) is 0 Å². The Kier molecular flexibility index (Phi) is 10.6. The molecule has 8 aromatic carbocycles. The highest BCUT2D eigenvalue weighted by Gasteiger charge is 2.51. The fourth-order valence-electron chi connectivity index (χ4n) is 16.1. The van der Waals surface area contributed by atoms with Crippen molar-refractivity contribution < 1.29 is 0 Å². The Labute approximate surface area is 473 Å². The molecule has 2 heterocycles. The molecule has 0 radical (unpaired) electrons. The first kappa shape index (κ1) is 50.4. The van der Waals surface area contributed by atoms with Crippen molar-refractivity contribution in [3.05, 3.63) is 202 Å². The zero-order chi connectivity index (χ0) is 55.1. The molecule has 0 aromatic heterocycles. The Balaban J connectivity index is 1.17. The average molecular weight is 1030 g/mol. The summed E-state index contributed by atoms with van der Waals surface area (Å²) in [4.78, 5) is 8.04. The van der Waals surface area contributed by atoms with Gasteiger partial charge in [-0.15, -0.1) is 0 Å². The summed E-state index contributed by atoms with van der Waals surface area (Å²) in [7, 11) is 0. The molecule has 8 aromatic rings. The number of para-hydroxylation sites is 2. The van der Waals surface area contributed by atoms with Gasteiger partial charge in [-0.2, -0.15) is 0 Å². The van der Waals surface area contributed by atoms with Crippen molar-refractivity contribution in [2.45, 2.75) is 173 Å². The molecule has 14 rings (SSSR count). The molecule has 79 heavy (non-hydrogen) atoms. The van der Waals surface area contributed by atoms with Crippen LogP contribution in [0.2, 0.25) is 0 Å². The minimum Gasteiger partial charge on any atom is -0.311 e. The summed E-state index contributed by atoms with van der Waals surface area (Å²) >= 11 is 0. The fourth-order valence-corrected chi connectivity index (χ4v) is 16.1. The molecule has 2 aliphatic heterocycles. The van der Waals surface area contributed by atoms with Gasteiger partial charge in [0.15, 0.2) is 0 Å². The monoisotopic (exact) mass is 1030 g/mol. The first-order chi connectivity index (χ1) is 37.4. The van der Waals surface area contributed by atoms with Gasteiger partial charge >= 0.3 is 0 Å². The van der Waals surface area contributed by atoms with Gasteiger partial charge in [0.1, 0.15) is 0 Å². The van der Waals surface area contributed by atoms with Gasteiger partial charge in [-0.1, -0.05) is 188 Å². The number of benzene rings is 8. The summed E-state index contributed by atoms with van der Waals surface area (Å²) in [5, 5.41) is 0. The van der Waals surface area contributed by atoms with Crippen molar-refractivity contribution in [3.8, 4) is 11.1 Å². The highest BCUT2D eigenvalue weighted by molar-refractivity contribution is 7.00. The minimum atomic E-state index is -0.257. The summed E-state index contributed by atoms with van der Waals surface area (Å²) in [6, 6.07) is 62.3. The predicted molar refractivity (Wildman–Crippen MR) is 339 cm³/mol. The van der Waals surface area contributed by atoms with Gasteiger partial charge < -0.3 is 14.7 Å². The molecule has 4 aliphatic carbocycles. The van der Waals surface area contributed by atoms with Gasteiger partial charge in [0, 0.05) is 45.2 Å². The van der Waals surface area contributed by atoms with Crippen LogP contribution < -0.4 is 31.1 Å². The molecule has 0 saturated heterocycles. The van der Waals surface area contributed by atoms with Gasteiger partial charge in [0.25, 0.3) is 6.71 Å². The smallest absolute Gasteiger partial charge is 0.252 e. The first-order valence-electron chi connectivity index (χ1n) is 29.8. The van der Waals surface area contributed by atoms with Gasteiger partial charge in [0.05, 0.1) is 11.4 Å². The topological polar surface area (TPSA) is 9.72 Å². The summed E-state index contributed by atoms with van der Waals surface area (Å²) in [6.45, 7) is 34.9. The molecule has 0 fully saturated rings. The number of rotatable bonds is 5. The molecule has 6 aliphatic rings. The summed E-state index contributed by atoms with van der Waals surface area (Å²) < 4.78 is 0. The summed E-state index contributed by atoms with van der Waals surface area (Å²) in [5.74, 6) is 0. The van der Waals surface area contributed by atoms with Crippen LogP contribution in [0.4, 0.5) is 51.2 Å². The molecule has 0 bridgehead atoms. The van der Waals surface area contributed by atoms with E-state index in [9.17, 15) is 0 Å². The average Bonchev–Trinajstić information content (AvgIpc) is 2.80. The van der Waals surface area contributed by atoms with Gasteiger partial charge in [-0.25, -0.2) is 0 Å².